The van der Waals surface area contributed by atoms with Crippen LogP contribution in [0.2, 0.25) is 0 Å². The molecule has 0 N–H and O–H groups in total. The number of carbonyl (C=O) groups is 2. The summed E-state index contributed by atoms with van der Waals surface area (Å²) in [7, 11) is 0. The molecule has 5 nitrogen and oxygen atoms in total. The molecule has 0 bridgehead atoms. The van der Waals surface area contributed by atoms with Crippen molar-refractivity contribution >= 4 is 22.8 Å². The average Bonchev–Trinajstić information content (AvgIpc) is 3.02. The van der Waals surface area contributed by atoms with Crippen LogP contribution in [0.5, 0.6) is 0 Å². The van der Waals surface area contributed by atoms with Gasteiger partial charge in [0, 0.05) is 24.0 Å². The van der Waals surface area contributed by atoms with Gasteiger partial charge in [0.1, 0.15) is 5.58 Å². The fourth-order valence-electron chi connectivity index (χ4n) is 2.83. The fraction of sp³-hybridized carbons (Fsp3) is 0.238. The van der Waals surface area contributed by atoms with E-state index in [1.165, 1.54) is 0 Å². The number of fused-ring (bicyclic) bond motifs is 1. The van der Waals surface area contributed by atoms with Gasteiger partial charge in [-0.1, -0.05) is 48.5 Å². The molecule has 26 heavy (non-hydrogen) atoms. The van der Waals surface area contributed by atoms with Crippen molar-refractivity contribution in [1.82, 2.24) is 4.90 Å². The number of hydrogen-bond donors (Lipinski definition) is 0. The number of amides is 1. The van der Waals surface area contributed by atoms with E-state index < -0.39 is 5.97 Å². The number of rotatable bonds is 6. The molecule has 0 radical (unpaired) electrons. The van der Waals surface area contributed by atoms with Crippen molar-refractivity contribution in [1.29, 1.82) is 0 Å². The number of esters is 1. The first-order valence-corrected chi connectivity index (χ1v) is 8.57. The molecule has 0 spiro atoms. The second-order valence-corrected chi connectivity index (χ2v) is 6.02. The minimum atomic E-state index is -0.622. The number of carbonyl (C=O) groups excluding carboxylic acids is 2. The van der Waals surface area contributed by atoms with E-state index in [0.717, 1.165) is 16.5 Å². The first-order valence-electron chi connectivity index (χ1n) is 8.57. The van der Waals surface area contributed by atoms with Crippen LogP contribution >= 0.6 is 0 Å². The van der Waals surface area contributed by atoms with E-state index in [9.17, 15) is 9.59 Å². The van der Waals surface area contributed by atoms with Crippen molar-refractivity contribution in [3.8, 4) is 0 Å². The third kappa shape index (κ3) is 3.77. The summed E-state index contributed by atoms with van der Waals surface area (Å²) in [6.45, 7) is 4.41. The summed E-state index contributed by atoms with van der Waals surface area (Å²) in [6.07, 6.45) is 0. The van der Waals surface area contributed by atoms with Gasteiger partial charge in [-0.15, -0.1) is 0 Å². The van der Waals surface area contributed by atoms with Crippen LogP contribution in [0.15, 0.2) is 59.0 Å². The normalized spacial score (nSPS) is 10.7. The Labute approximate surface area is 152 Å². The van der Waals surface area contributed by atoms with Gasteiger partial charge >= 0.3 is 5.97 Å². The predicted molar refractivity (Wildman–Crippen MR) is 98.8 cm³/mol. The lowest BCUT2D eigenvalue weighted by Crippen LogP contribution is -2.34. The highest BCUT2D eigenvalue weighted by molar-refractivity contribution is 5.96. The van der Waals surface area contributed by atoms with Gasteiger partial charge in [-0.25, -0.2) is 4.79 Å². The molecule has 1 heterocycles. The van der Waals surface area contributed by atoms with Gasteiger partial charge in [0.05, 0.1) is 0 Å². The molecular weight excluding hydrogens is 330 g/mol. The Bertz CT molecular complexity index is 914. The number of benzene rings is 2. The lowest BCUT2D eigenvalue weighted by Gasteiger charge is -2.20. The molecule has 0 aliphatic carbocycles. The lowest BCUT2D eigenvalue weighted by atomic mass is 10.1. The Morgan fingerprint density at radius 1 is 1.04 bits per heavy atom. The fourth-order valence-corrected chi connectivity index (χ4v) is 2.83. The van der Waals surface area contributed by atoms with Crippen molar-refractivity contribution < 1.29 is 18.7 Å². The van der Waals surface area contributed by atoms with Gasteiger partial charge in [-0.3, -0.25) is 4.79 Å². The average molecular weight is 351 g/mol. The topological polar surface area (TPSA) is 59.8 Å². The number of aryl methyl sites for hydroxylation is 1. The smallest absolute Gasteiger partial charge is 0.375 e. The van der Waals surface area contributed by atoms with Crippen molar-refractivity contribution in [3.05, 3.63) is 71.5 Å². The van der Waals surface area contributed by atoms with Crippen LogP contribution in [0.25, 0.3) is 11.0 Å². The maximum atomic E-state index is 12.4. The molecule has 3 rings (SSSR count). The summed E-state index contributed by atoms with van der Waals surface area (Å²) in [6, 6.07) is 17.1. The molecule has 0 unspecified atom stereocenters. The molecule has 0 saturated heterocycles. The third-order valence-electron chi connectivity index (χ3n) is 4.31. The summed E-state index contributed by atoms with van der Waals surface area (Å²) in [5.74, 6) is -0.716. The van der Waals surface area contributed by atoms with Crippen LogP contribution in [-0.2, 0) is 16.1 Å². The van der Waals surface area contributed by atoms with Crippen LogP contribution < -0.4 is 0 Å². The second-order valence-electron chi connectivity index (χ2n) is 6.02. The zero-order valence-electron chi connectivity index (χ0n) is 14.9. The largest absolute Gasteiger partial charge is 0.450 e. The predicted octanol–water partition coefficient (Wildman–Crippen LogP) is 3.95. The van der Waals surface area contributed by atoms with Crippen LogP contribution in [0.4, 0.5) is 0 Å². The Morgan fingerprint density at radius 3 is 2.42 bits per heavy atom. The standard InChI is InChI=1S/C21H21NO4/c1-3-22(13-16-9-5-4-6-10-16)19(23)14-25-21(24)20-15(2)17-11-7-8-12-18(17)26-20/h4-12H,3,13-14H2,1-2H3. The van der Waals surface area contributed by atoms with Crippen LogP contribution in [0.1, 0.15) is 28.6 Å². The number of ether oxygens (including phenoxy) is 1. The first-order chi connectivity index (χ1) is 12.6. The summed E-state index contributed by atoms with van der Waals surface area (Å²) in [4.78, 5) is 26.4. The molecule has 0 atom stereocenters. The monoisotopic (exact) mass is 351 g/mol. The summed E-state index contributed by atoms with van der Waals surface area (Å²) < 4.78 is 10.8. The van der Waals surface area contributed by atoms with Gasteiger partial charge in [0.2, 0.25) is 5.76 Å². The van der Waals surface area contributed by atoms with E-state index in [1.54, 1.807) is 17.9 Å². The van der Waals surface area contributed by atoms with E-state index in [-0.39, 0.29) is 18.3 Å². The molecule has 0 aliphatic rings. The van der Waals surface area contributed by atoms with E-state index in [1.807, 2.05) is 55.5 Å². The molecular formula is C21H21NO4. The van der Waals surface area contributed by atoms with Gasteiger partial charge in [0.15, 0.2) is 6.61 Å². The Balaban J connectivity index is 1.64. The molecule has 2 aromatic carbocycles. The lowest BCUT2D eigenvalue weighted by molar-refractivity contribution is -0.135. The molecule has 0 saturated carbocycles. The van der Waals surface area contributed by atoms with Crippen molar-refractivity contribution in [2.24, 2.45) is 0 Å². The third-order valence-corrected chi connectivity index (χ3v) is 4.31. The highest BCUT2D eigenvalue weighted by Gasteiger charge is 2.21. The molecule has 134 valence electrons. The van der Waals surface area contributed by atoms with Crippen LogP contribution in [-0.4, -0.2) is 29.9 Å². The molecule has 1 amide bonds. The quantitative estimate of drug-likeness (QED) is 0.631. The van der Waals surface area contributed by atoms with Gasteiger partial charge < -0.3 is 14.1 Å². The van der Waals surface area contributed by atoms with E-state index in [2.05, 4.69) is 0 Å². The van der Waals surface area contributed by atoms with Crippen LogP contribution in [0, 0.1) is 6.92 Å². The van der Waals surface area contributed by atoms with E-state index >= 15 is 0 Å². The SMILES string of the molecule is CCN(Cc1ccccc1)C(=O)COC(=O)c1oc2ccccc2c1C. The minimum Gasteiger partial charge on any atom is -0.450 e. The van der Waals surface area contributed by atoms with Crippen molar-refractivity contribution in [3.63, 3.8) is 0 Å². The maximum Gasteiger partial charge on any atom is 0.375 e. The van der Waals surface area contributed by atoms with Crippen LogP contribution in [0.3, 0.4) is 0 Å². The van der Waals surface area contributed by atoms with E-state index in [4.69, 9.17) is 9.15 Å². The summed E-state index contributed by atoms with van der Waals surface area (Å²) >= 11 is 0. The number of hydrogen-bond acceptors (Lipinski definition) is 4. The number of nitrogens with zero attached hydrogens (tertiary/aromatic N) is 1. The Morgan fingerprint density at radius 2 is 1.73 bits per heavy atom. The van der Waals surface area contributed by atoms with Gasteiger partial charge in [0.25, 0.3) is 5.91 Å². The Kier molecular flexibility index (Phi) is 5.37. The second kappa shape index (κ2) is 7.87. The molecule has 0 fully saturated rings. The summed E-state index contributed by atoms with van der Waals surface area (Å²) in [5, 5.41) is 0.866. The highest BCUT2D eigenvalue weighted by Crippen LogP contribution is 2.25. The maximum absolute atomic E-state index is 12.4. The molecule has 0 aliphatic heterocycles. The molecule has 3 aromatic rings. The number of para-hydroxylation sites is 1. The number of likely N-dealkylation sites (N-methyl/N-ethyl adjacent to an activating group) is 1. The van der Waals surface area contributed by atoms with Gasteiger partial charge in [-0.2, -0.15) is 0 Å². The van der Waals surface area contributed by atoms with Gasteiger partial charge in [-0.05, 0) is 25.5 Å². The molecule has 5 heteroatoms. The first kappa shape index (κ1) is 17.7. The zero-order valence-corrected chi connectivity index (χ0v) is 14.9. The Hall–Kier alpha value is -3.08. The highest BCUT2D eigenvalue weighted by atomic mass is 16.5. The van der Waals surface area contributed by atoms with Crippen molar-refractivity contribution in [2.45, 2.75) is 20.4 Å². The van der Waals surface area contributed by atoms with Crippen molar-refractivity contribution in [2.75, 3.05) is 13.2 Å². The van der Waals surface area contributed by atoms with E-state index in [0.29, 0.717) is 18.7 Å². The number of furan rings is 1. The summed E-state index contributed by atoms with van der Waals surface area (Å²) in [5.41, 5.74) is 2.37. The molecule has 1 aromatic heterocycles. The minimum absolute atomic E-state index is 0.144. The zero-order chi connectivity index (χ0) is 18.5.